The lowest BCUT2D eigenvalue weighted by molar-refractivity contribution is 0.0696. The Labute approximate surface area is 126 Å². The minimum atomic E-state index is -0.986. The van der Waals surface area contributed by atoms with Crippen molar-refractivity contribution in [3.63, 3.8) is 0 Å². The van der Waals surface area contributed by atoms with Crippen molar-refractivity contribution < 1.29 is 14.7 Å². The molecule has 5 nitrogen and oxygen atoms in total. The largest absolute Gasteiger partial charge is 0.478 e. The van der Waals surface area contributed by atoms with Crippen LogP contribution in [-0.2, 0) is 0 Å². The van der Waals surface area contributed by atoms with Crippen LogP contribution in [0, 0.1) is 13.8 Å². The highest BCUT2D eigenvalue weighted by molar-refractivity contribution is 5.94. The van der Waals surface area contributed by atoms with E-state index in [-0.39, 0.29) is 17.6 Å². The number of amides is 2. The number of nitrogens with one attached hydrogen (secondary N) is 1. The van der Waals surface area contributed by atoms with Gasteiger partial charge in [0.25, 0.3) is 0 Å². The average molecular weight is 292 g/mol. The van der Waals surface area contributed by atoms with E-state index < -0.39 is 5.97 Å². The van der Waals surface area contributed by atoms with Crippen LogP contribution in [0.1, 0.15) is 48.2 Å². The number of hydrogen-bond donors (Lipinski definition) is 2. The molecule has 2 N–H and O–H groups in total. The smallest absolute Gasteiger partial charge is 0.336 e. The molecule has 0 saturated carbocycles. The van der Waals surface area contributed by atoms with Crippen LogP contribution >= 0.6 is 0 Å². The van der Waals surface area contributed by atoms with Gasteiger partial charge in [-0.1, -0.05) is 13.8 Å². The zero-order valence-electron chi connectivity index (χ0n) is 13.4. The van der Waals surface area contributed by atoms with Crippen molar-refractivity contribution in [3.8, 4) is 0 Å². The monoisotopic (exact) mass is 292 g/mol. The number of hydrogen-bond acceptors (Lipinski definition) is 2. The molecule has 5 heteroatoms. The minimum absolute atomic E-state index is 0.176. The van der Waals surface area contributed by atoms with Gasteiger partial charge in [-0.05, 0) is 49.9 Å². The molecule has 21 heavy (non-hydrogen) atoms. The molecule has 0 aliphatic heterocycles. The molecule has 1 aromatic rings. The number of rotatable bonds is 5. The van der Waals surface area contributed by atoms with E-state index in [1.807, 2.05) is 20.8 Å². The number of benzene rings is 1. The van der Waals surface area contributed by atoms with Gasteiger partial charge >= 0.3 is 12.0 Å². The third kappa shape index (κ3) is 3.97. The van der Waals surface area contributed by atoms with E-state index in [2.05, 4.69) is 5.32 Å². The minimum Gasteiger partial charge on any atom is -0.478 e. The standard InChI is InChI=1S/C16H24N2O3/c1-6-13(7-2)18(5)16(21)17-12-8-10(3)11(4)14(9-12)15(19)20/h8-9,13H,6-7H2,1-5H3,(H,17,21)(H,19,20). The number of carboxylic acid groups (broad SMARTS) is 1. The van der Waals surface area contributed by atoms with Crippen LogP contribution in [0.3, 0.4) is 0 Å². The molecule has 0 heterocycles. The van der Waals surface area contributed by atoms with Crippen LogP contribution in [0.4, 0.5) is 10.5 Å². The molecule has 0 fully saturated rings. The first-order valence-electron chi connectivity index (χ1n) is 7.20. The fourth-order valence-electron chi connectivity index (χ4n) is 2.37. The van der Waals surface area contributed by atoms with Crippen molar-refractivity contribution in [1.82, 2.24) is 4.90 Å². The third-order valence-electron chi connectivity index (χ3n) is 3.96. The maximum atomic E-state index is 12.2. The number of nitrogens with zero attached hydrogens (tertiary/aromatic N) is 1. The van der Waals surface area contributed by atoms with E-state index in [0.29, 0.717) is 11.3 Å². The number of carboxylic acids is 1. The Morgan fingerprint density at radius 2 is 1.81 bits per heavy atom. The number of aromatic carboxylic acids is 1. The van der Waals surface area contributed by atoms with Gasteiger partial charge in [0.05, 0.1) is 5.56 Å². The molecule has 116 valence electrons. The molecule has 0 spiro atoms. The molecule has 0 saturated heterocycles. The van der Waals surface area contributed by atoms with Crippen LogP contribution in [0.2, 0.25) is 0 Å². The zero-order valence-corrected chi connectivity index (χ0v) is 13.4. The third-order valence-corrected chi connectivity index (χ3v) is 3.96. The Balaban J connectivity index is 2.98. The zero-order chi connectivity index (χ0) is 16.2. The van der Waals surface area contributed by atoms with Gasteiger partial charge in [0.15, 0.2) is 0 Å². The Morgan fingerprint density at radius 3 is 2.29 bits per heavy atom. The second-order valence-electron chi connectivity index (χ2n) is 5.28. The van der Waals surface area contributed by atoms with Gasteiger partial charge in [-0.25, -0.2) is 9.59 Å². The van der Waals surface area contributed by atoms with E-state index in [9.17, 15) is 14.7 Å². The summed E-state index contributed by atoms with van der Waals surface area (Å²) in [6, 6.07) is 3.25. The molecule has 0 aromatic heterocycles. The SMILES string of the molecule is CCC(CC)N(C)C(=O)Nc1cc(C)c(C)c(C(=O)O)c1. The number of aryl methyl sites for hydroxylation is 1. The summed E-state index contributed by atoms with van der Waals surface area (Å²) in [5.74, 6) is -0.986. The van der Waals surface area contributed by atoms with Crippen LogP contribution in [0.25, 0.3) is 0 Å². The van der Waals surface area contributed by atoms with Gasteiger partial charge < -0.3 is 15.3 Å². The topological polar surface area (TPSA) is 69.6 Å². The molecule has 0 bridgehead atoms. The van der Waals surface area contributed by atoms with Gasteiger partial charge in [0.1, 0.15) is 0 Å². The average Bonchev–Trinajstić information content (AvgIpc) is 2.43. The second kappa shape index (κ2) is 7.11. The maximum Gasteiger partial charge on any atom is 0.336 e. The van der Waals surface area contributed by atoms with Crippen LogP contribution in [-0.4, -0.2) is 35.1 Å². The van der Waals surface area contributed by atoms with Crippen LogP contribution in [0.15, 0.2) is 12.1 Å². The highest BCUT2D eigenvalue weighted by Crippen LogP contribution is 2.21. The summed E-state index contributed by atoms with van der Waals surface area (Å²) in [4.78, 5) is 25.1. The van der Waals surface area contributed by atoms with Crippen LogP contribution in [0.5, 0.6) is 0 Å². The molecule has 0 aliphatic carbocycles. The van der Waals surface area contributed by atoms with Gasteiger partial charge in [0.2, 0.25) is 0 Å². The quantitative estimate of drug-likeness (QED) is 0.870. The number of carbonyl (C=O) groups is 2. The van der Waals surface area contributed by atoms with Crippen molar-refractivity contribution >= 4 is 17.7 Å². The second-order valence-corrected chi connectivity index (χ2v) is 5.28. The Bertz CT molecular complexity index is 537. The van der Waals surface area contributed by atoms with E-state index in [4.69, 9.17) is 0 Å². The molecule has 0 aliphatic rings. The molecule has 0 unspecified atom stereocenters. The van der Waals surface area contributed by atoms with Gasteiger partial charge in [-0.3, -0.25) is 0 Å². The summed E-state index contributed by atoms with van der Waals surface area (Å²) < 4.78 is 0. The Kier molecular flexibility index (Phi) is 5.76. The lowest BCUT2D eigenvalue weighted by atomic mass is 10.0. The normalized spacial score (nSPS) is 10.6. The summed E-state index contributed by atoms with van der Waals surface area (Å²) in [5.41, 5.74) is 2.29. The first-order chi connectivity index (χ1) is 9.81. The highest BCUT2D eigenvalue weighted by Gasteiger charge is 2.18. The van der Waals surface area contributed by atoms with Crippen molar-refractivity contribution in [1.29, 1.82) is 0 Å². The molecular weight excluding hydrogens is 268 g/mol. The fraction of sp³-hybridized carbons (Fsp3) is 0.500. The van der Waals surface area contributed by atoms with Crippen molar-refractivity contribution in [2.24, 2.45) is 0 Å². The predicted molar refractivity (Wildman–Crippen MR) is 84.0 cm³/mol. The molecule has 0 radical (unpaired) electrons. The van der Waals surface area contributed by atoms with Gasteiger partial charge in [0, 0.05) is 18.8 Å². The Morgan fingerprint density at radius 1 is 1.24 bits per heavy atom. The fourth-order valence-corrected chi connectivity index (χ4v) is 2.37. The predicted octanol–water partition coefficient (Wildman–Crippen LogP) is 3.65. The maximum absolute atomic E-state index is 12.2. The lowest BCUT2D eigenvalue weighted by Crippen LogP contribution is -2.39. The number of carbonyl (C=O) groups excluding carboxylic acids is 1. The van der Waals surface area contributed by atoms with Crippen molar-refractivity contribution in [2.45, 2.75) is 46.6 Å². The van der Waals surface area contributed by atoms with E-state index in [0.717, 1.165) is 18.4 Å². The van der Waals surface area contributed by atoms with Gasteiger partial charge in [-0.15, -0.1) is 0 Å². The van der Waals surface area contributed by atoms with Crippen molar-refractivity contribution in [2.75, 3.05) is 12.4 Å². The van der Waals surface area contributed by atoms with E-state index >= 15 is 0 Å². The summed E-state index contributed by atoms with van der Waals surface area (Å²) in [7, 11) is 1.76. The molecule has 1 aromatic carbocycles. The van der Waals surface area contributed by atoms with Gasteiger partial charge in [-0.2, -0.15) is 0 Å². The summed E-state index contributed by atoms with van der Waals surface area (Å²) in [6.45, 7) is 7.68. The van der Waals surface area contributed by atoms with E-state index in [1.54, 1.807) is 24.9 Å². The summed E-state index contributed by atoms with van der Waals surface area (Å²) in [6.07, 6.45) is 1.77. The van der Waals surface area contributed by atoms with Crippen LogP contribution < -0.4 is 5.32 Å². The number of anilines is 1. The molecule has 0 atom stereocenters. The molecular formula is C16H24N2O3. The number of urea groups is 1. The first kappa shape index (κ1) is 17.0. The Hall–Kier alpha value is -2.04. The lowest BCUT2D eigenvalue weighted by Gasteiger charge is -2.26. The molecule has 1 rings (SSSR count). The molecule has 2 amide bonds. The highest BCUT2D eigenvalue weighted by atomic mass is 16.4. The van der Waals surface area contributed by atoms with Crippen molar-refractivity contribution in [3.05, 3.63) is 28.8 Å². The summed E-state index contributed by atoms with van der Waals surface area (Å²) in [5, 5.41) is 12.0. The van der Waals surface area contributed by atoms with E-state index in [1.165, 1.54) is 6.07 Å². The summed E-state index contributed by atoms with van der Waals surface area (Å²) >= 11 is 0. The first-order valence-corrected chi connectivity index (χ1v) is 7.20.